The number of nitrogens with two attached hydrogens (primary N) is 1. The highest BCUT2D eigenvalue weighted by Gasteiger charge is 2.34. The molecule has 2 heteroatoms. The monoisotopic (exact) mass is 225 g/mol. The Balaban J connectivity index is 1.89. The van der Waals surface area contributed by atoms with E-state index in [9.17, 15) is 5.11 Å². The molecule has 0 heterocycles. The minimum absolute atomic E-state index is 0.302. The number of aromatic hydroxyl groups is 1. The van der Waals surface area contributed by atoms with Gasteiger partial charge in [-0.05, 0) is 35.2 Å². The summed E-state index contributed by atoms with van der Waals surface area (Å²) in [5, 5.41) is 9.45. The molecule has 2 aromatic rings. The van der Waals surface area contributed by atoms with Crippen LogP contribution in [0.1, 0.15) is 17.9 Å². The van der Waals surface area contributed by atoms with Crippen LogP contribution in [-0.4, -0.2) is 11.1 Å². The van der Waals surface area contributed by atoms with Crippen LogP contribution < -0.4 is 5.73 Å². The molecule has 1 fully saturated rings. The lowest BCUT2D eigenvalue weighted by molar-refractivity contribution is 0.475. The molecule has 0 bridgehead atoms. The maximum absolute atomic E-state index is 9.45. The number of rotatable bonds is 2. The van der Waals surface area contributed by atoms with E-state index in [1.165, 1.54) is 5.56 Å². The van der Waals surface area contributed by atoms with Crippen LogP contribution in [0.3, 0.4) is 0 Å². The van der Waals surface area contributed by atoms with Crippen LogP contribution in [0.25, 0.3) is 11.1 Å². The summed E-state index contributed by atoms with van der Waals surface area (Å²) in [6.45, 7) is 0. The maximum Gasteiger partial charge on any atom is 0.116 e. The van der Waals surface area contributed by atoms with Crippen LogP contribution in [0.2, 0.25) is 0 Å². The van der Waals surface area contributed by atoms with Gasteiger partial charge in [-0.2, -0.15) is 0 Å². The Hall–Kier alpha value is -1.80. The van der Waals surface area contributed by atoms with Gasteiger partial charge in [0.05, 0.1) is 0 Å². The second kappa shape index (κ2) is 3.90. The molecule has 3 rings (SSSR count). The lowest BCUT2D eigenvalue weighted by Gasteiger charge is -2.04. The van der Waals surface area contributed by atoms with Crippen molar-refractivity contribution in [1.29, 1.82) is 0 Å². The van der Waals surface area contributed by atoms with Gasteiger partial charge in [0.1, 0.15) is 5.75 Å². The van der Waals surface area contributed by atoms with Crippen molar-refractivity contribution < 1.29 is 5.11 Å². The van der Waals surface area contributed by atoms with Gasteiger partial charge in [0, 0.05) is 12.0 Å². The van der Waals surface area contributed by atoms with Gasteiger partial charge in [-0.3, -0.25) is 0 Å². The zero-order valence-corrected chi connectivity index (χ0v) is 9.51. The van der Waals surface area contributed by atoms with Crippen LogP contribution in [-0.2, 0) is 0 Å². The van der Waals surface area contributed by atoms with Crippen molar-refractivity contribution >= 4 is 0 Å². The summed E-state index contributed by atoms with van der Waals surface area (Å²) in [5.41, 5.74) is 9.32. The van der Waals surface area contributed by atoms with E-state index in [0.29, 0.717) is 17.7 Å². The van der Waals surface area contributed by atoms with Crippen molar-refractivity contribution in [3.8, 4) is 16.9 Å². The fraction of sp³-hybridized carbons (Fsp3) is 0.200. The lowest BCUT2D eigenvalue weighted by atomic mass is 10.0. The van der Waals surface area contributed by atoms with Crippen LogP contribution in [0.5, 0.6) is 5.75 Å². The van der Waals surface area contributed by atoms with Gasteiger partial charge in [0.25, 0.3) is 0 Å². The maximum atomic E-state index is 9.45. The molecule has 1 saturated carbocycles. The third kappa shape index (κ3) is 2.04. The van der Waals surface area contributed by atoms with Crippen LogP contribution in [0.15, 0.2) is 48.5 Å². The standard InChI is InChI=1S/C15H15NO/c16-15-9-14(15)11-6-4-10(5-7-11)12-2-1-3-13(17)8-12/h1-8,14-15,17H,9,16H2. The van der Waals surface area contributed by atoms with Gasteiger partial charge < -0.3 is 10.8 Å². The Morgan fingerprint density at radius 2 is 1.71 bits per heavy atom. The highest BCUT2D eigenvalue weighted by molar-refractivity contribution is 5.65. The second-order valence-electron chi connectivity index (χ2n) is 4.68. The normalized spacial score (nSPS) is 22.4. The molecule has 2 aromatic carbocycles. The number of phenols is 1. The summed E-state index contributed by atoms with van der Waals surface area (Å²) in [5.74, 6) is 0.851. The molecular formula is C15H15NO. The number of phenolic OH excluding ortho intramolecular Hbond substituents is 1. The smallest absolute Gasteiger partial charge is 0.116 e. The van der Waals surface area contributed by atoms with Gasteiger partial charge in [0.15, 0.2) is 0 Å². The van der Waals surface area contributed by atoms with E-state index in [-0.39, 0.29) is 0 Å². The first kappa shape index (κ1) is 10.4. The number of hydrogen-bond acceptors (Lipinski definition) is 2. The summed E-state index contributed by atoms with van der Waals surface area (Å²) in [6, 6.07) is 16.1. The predicted molar refractivity (Wildman–Crippen MR) is 68.9 cm³/mol. The largest absolute Gasteiger partial charge is 0.508 e. The number of benzene rings is 2. The van der Waals surface area contributed by atoms with E-state index in [0.717, 1.165) is 17.5 Å². The van der Waals surface area contributed by atoms with Crippen molar-refractivity contribution in [3.63, 3.8) is 0 Å². The molecule has 86 valence electrons. The molecular weight excluding hydrogens is 210 g/mol. The average Bonchev–Trinajstić information content (AvgIpc) is 3.07. The molecule has 0 spiro atoms. The van der Waals surface area contributed by atoms with E-state index >= 15 is 0 Å². The van der Waals surface area contributed by atoms with Crippen molar-refractivity contribution in [3.05, 3.63) is 54.1 Å². The predicted octanol–water partition coefficient (Wildman–Crippen LogP) is 2.87. The van der Waals surface area contributed by atoms with Crippen molar-refractivity contribution in [1.82, 2.24) is 0 Å². The quantitative estimate of drug-likeness (QED) is 0.825. The van der Waals surface area contributed by atoms with Crippen LogP contribution in [0, 0.1) is 0 Å². The molecule has 2 unspecified atom stereocenters. The Morgan fingerprint density at radius 3 is 2.29 bits per heavy atom. The van der Waals surface area contributed by atoms with Crippen LogP contribution in [0.4, 0.5) is 0 Å². The molecule has 0 saturated heterocycles. The summed E-state index contributed by atoms with van der Waals surface area (Å²) < 4.78 is 0. The molecule has 1 aliphatic rings. The summed E-state index contributed by atoms with van der Waals surface area (Å²) in [7, 11) is 0. The zero-order valence-electron chi connectivity index (χ0n) is 9.51. The second-order valence-corrected chi connectivity index (χ2v) is 4.68. The molecule has 0 aliphatic heterocycles. The lowest BCUT2D eigenvalue weighted by Crippen LogP contribution is -2.00. The highest BCUT2D eigenvalue weighted by atomic mass is 16.3. The molecule has 0 amide bonds. The van der Waals surface area contributed by atoms with E-state index in [1.807, 2.05) is 12.1 Å². The topological polar surface area (TPSA) is 46.2 Å². The first-order valence-corrected chi connectivity index (χ1v) is 5.89. The Kier molecular flexibility index (Phi) is 2.37. The molecule has 17 heavy (non-hydrogen) atoms. The average molecular weight is 225 g/mol. The van der Waals surface area contributed by atoms with Gasteiger partial charge in [-0.15, -0.1) is 0 Å². The molecule has 2 atom stereocenters. The van der Waals surface area contributed by atoms with E-state index in [2.05, 4.69) is 24.3 Å². The summed E-state index contributed by atoms with van der Waals surface area (Å²) in [6.07, 6.45) is 1.10. The molecule has 2 nitrogen and oxygen atoms in total. The molecule has 3 N–H and O–H groups in total. The number of hydrogen-bond donors (Lipinski definition) is 2. The zero-order chi connectivity index (χ0) is 11.8. The molecule has 1 aliphatic carbocycles. The first-order chi connectivity index (χ1) is 8.24. The molecule has 0 aromatic heterocycles. The highest BCUT2D eigenvalue weighted by Crippen LogP contribution is 2.39. The Labute approximate surface area is 101 Å². The van der Waals surface area contributed by atoms with E-state index < -0.39 is 0 Å². The van der Waals surface area contributed by atoms with Crippen molar-refractivity contribution in [2.75, 3.05) is 0 Å². The Morgan fingerprint density at radius 1 is 1.00 bits per heavy atom. The summed E-state index contributed by atoms with van der Waals surface area (Å²) >= 11 is 0. The minimum Gasteiger partial charge on any atom is -0.508 e. The first-order valence-electron chi connectivity index (χ1n) is 5.89. The third-order valence-electron chi connectivity index (χ3n) is 3.36. The van der Waals surface area contributed by atoms with Gasteiger partial charge in [-0.25, -0.2) is 0 Å². The van der Waals surface area contributed by atoms with E-state index in [4.69, 9.17) is 5.73 Å². The summed E-state index contributed by atoms with van der Waals surface area (Å²) in [4.78, 5) is 0. The SMILES string of the molecule is NC1CC1c1ccc(-c2cccc(O)c2)cc1. The van der Waals surface area contributed by atoms with Gasteiger partial charge >= 0.3 is 0 Å². The van der Waals surface area contributed by atoms with Gasteiger partial charge in [-0.1, -0.05) is 36.4 Å². The Bertz CT molecular complexity index is 533. The molecule has 0 radical (unpaired) electrons. The third-order valence-corrected chi connectivity index (χ3v) is 3.36. The van der Waals surface area contributed by atoms with Gasteiger partial charge in [0.2, 0.25) is 0 Å². The van der Waals surface area contributed by atoms with Crippen molar-refractivity contribution in [2.24, 2.45) is 5.73 Å². The van der Waals surface area contributed by atoms with Crippen LogP contribution >= 0.6 is 0 Å². The van der Waals surface area contributed by atoms with E-state index in [1.54, 1.807) is 12.1 Å². The fourth-order valence-electron chi connectivity index (χ4n) is 2.21. The fourth-order valence-corrected chi connectivity index (χ4v) is 2.21. The minimum atomic E-state index is 0.302. The van der Waals surface area contributed by atoms with Crippen molar-refractivity contribution in [2.45, 2.75) is 18.4 Å².